The molecule has 0 aromatic heterocycles. The van der Waals surface area contributed by atoms with Crippen LogP contribution in [0.15, 0.2) is 29.8 Å². The lowest BCUT2D eigenvalue weighted by atomic mass is 10.0. The van der Waals surface area contributed by atoms with E-state index in [1.165, 1.54) is 12.7 Å². The zero-order valence-corrected chi connectivity index (χ0v) is 10.9. The molecule has 0 fully saturated rings. The molecule has 0 saturated carbocycles. The van der Waals surface area contributed by atoms with Gasteiger partial charge in [-0.2, -0.15) is 5.26 Å². The third-order valence-corrected chi connectivity index (χ3v) is 2.43. The van der Waals surface area contributed by atoms with Crippen LogP contribution in [0.2, 0.25) is 0 Å². The molecule has 0 atom stereocenters. The van der Waals surface area contributed by atoms with E-state index in [4.69, 9.17) is 5.26 Å². The fourth-order valence-electron chi connectivity index (χ4n) is 1.69. The van der Waals surface area contributed by atoms with Gasteiger partial charge in [-0.15, -0.1) is 0 Å². The minimum Gasteiger partial charge on any atom is -0.465 e. The molecule has 0 radical (unpaired) electrons. The third-order valence-electron chi connectivity index (χ3n) is 2.43. The van der Waals surface area contributed by atoms with E-state index in [2.05, 4.69) is 18.6 Å². The molecule has 0 amide bonds. The summed E-state index contributed by atoms with van der Waals surface area (Å²) in [4.78, 5) is 11.3. The van der Waals surface area contributed by atoms with Gasteiger partial charge < -0.3 is 4.74 Å². The van der Waals surface area contributed by atoms with Gasteiger partial charge in [-0.05, 0) is 29.5 Å². The molecule has 0 aliphatic carbocycles. The van der Waals surface area contributed by atoms with Crippen molar-refractivity contribution < 1.29 is 9.53 Å². The number of ether oxygens (including phenoxy) is 1. The summed E-state index contributed by atoms with van der Waals surface area (Å²) < 4.78 is 4.54. The molecule has 94 valence electrons. The minimum atomic E-state index is -0.605. The van der Waals surface area contributed by atoms with E-state index in [9.17, 15) is 4.79 Å². The predicted octanol–water partition coefficient (Wildman–Crippen LogP) is 2.97. The summed E-state index contributed by atoms with van der Waals surface area (Å²) in [6, 6.07) is 9.67. The van der Waals surface area contributed by atoms with Crippen molar-refractivity contribution in [2.24, 2.45) is 5.92 Å². The fraction of sp³-hybridized carbons (Fsp3) is 0.333. The number of carbonyl (C=O) groups excluding carboxylic acids is 1. The van der Waals surface area contributed by atoms with Gasteiger partial charge in [-0.1, -0.05) is 38.1 Å². The van der Waals surface area contributed by atoms with E-state index < -0.39 is 5.97 Å². The number of nitrogens with zero attached hydrogens (tertiary/aromatic N) is 1. The molecule has 18 heavy (non-hydrogen) atoms. The number of methoxy groups -OCH3 is 1. The Bertz CT molecular complexity index is 495. The van der Waals surface area contributed by atoms with Gasteiger partial charge in [0.1, 0.15) is 11.6 Å². The summed E-state index contributed by atoms with van der Waals surface area (Å²) in [5, 5.41) is 8.88. The quantitative estimate of drug-likeness (QED) is 0.464. The Balaban J connectivity index is 3.00. The van der Waals surface area contributed by atoms with E-state index in [0.29, 0.717) is 5.92 Å². The maximum atomic E-state index is 11.3. The largest absolute Gasteiger partial charge is 0.465 e. The van der Waals surface area contributed by atoms with Crippen molar-refractivity contribution in [3.63, 3.8) is 0 Å². The standard InChI is InChI=1S/C15H17NO2/c1-11(2)7-12-5-4-6-13(8-12)9-14(10-16)15(17)18-3/h4-6,8-9,11H,7H2,1-3H3. The second kappa shape index (κ2) is 6.61. The van der Waals surface area contributed by atoms with Crippen LogP contribution in [0.5, 0.6) is 0 Å². The molecule has 1 aromatic rings. The van der Waals surface area contributed by atoms with Crippen LogP contribution < -0.4 is 0 Å². The molecule has 0 bridgehead atoms. The van der Waals surface area contributed by atoms with Crippen molar-refractivity contribution >= 4 is 12.0 Å². The lowest BCUT2D eigenvalue weighted by molar-refractivity contribution is -0.135. The molecule has 1 aromatic carbocycles. The van der Waals surface area contributed by atoms with E-state index in [0.717, 1.165) is 12.0 Å². The number of esters is 1. The van der Waals surface area contributed by atoms with E-state index in [1.54, 1.807) is 6.08 Å². The molecule has 0 spiro atoms. The smallest absolute Gasteiger partial charge is 0.348 e. The monoisotopic (exact) mass is 243 g/mol. The van der Waals surface area contributed by atoms with Gasteiger partial charge in [0, 0.05) is 0 Å². The average Bonchev–Trinajstić information content (AvgIpc) is 2.34. The van der Waals surface area contributed by atoms with E-state index >= 15 is 0 Å². The molecule has 3 heteroatoms. The Hall–Kier alpha value is -2.08. The zero-order valence-electron chi connectivity index (χ0n) is 10.9. The van der Waals surface area contributed by atoms with Crippen LogP contribution in [0.3, 0.4) is 0 Å². The number of rotatable bonds is 4. The van der Waals surface area contributed by atoms with Gasteiger partial charge in [-0.3, -0.25) is 0 Å². The van der Waals surface area contributed by atoms with Crippen LogP contribution in [0.4, 0.5) is 0 Å². The van der Waals surface area contributed by atoms with E-state index in [1.807, 2.05) is 30.3 Å². The summed E-state index contributed by atoms with van der Waals surface area (Å²) in [5.74, 6) is -0.0352. The van der Waals surface area contributed by atoms with Crippen LogP contribution in [0, 0.1) is 17.2 Å². The van der Waals surface area contributed by atoms with Crippen molar-refractivity contribution in [1.82, 2.24) is 0 Å². The number of benzene rings is 1. The Labute approximate surface area is 108 Å². The Morgan fingerprint density at radius 3 is 2.78 bits per heavy atom. The van der Waals surface area contributed by atoms with Gasteiger partial charge in [0.25, 0.3) is 0 Å². The van der Waals surface area contributed by atoms with Gasteiger partial charge in [-0.25, -0.2) is 4.79 Å². The number of hydrogen-bond acceptors (Lipinski definition) is 3. The zero-order chi connectivity index (χ0) is 13.5. The molecule has 3 nitrogen and oxygen atoms in total. The first-order chi connectivity index (χ1) is 8.56. The summed E-state index contributed by atoms with van der Waals surface area (Å²) in [7, 11) is 1.27. The summed E-state index contributed by atoms with van der Waals surface area (Å²) in [6.45, 7) is 4.30. The number of carbonyl (C=O) groups is 1. The van der Waals surface area contributed by atoms with Crippen LogP contribution in [0.1, 0.15) is 25.0 Å². The molecule has 0 heterocycles. The molecule has 0 unspecified atom stereocenters. The summed E-state index contributed by atoms with van der Waals surface area (Å²) in [5.41, 5.74) is 2.05. The molecular weight excluding hydrogens is 226 g/mol. The van der Waals surface area contributed by atoms with Crippen LogP contribution >= 0.6 is 0 Å². The van der Waals surface area contributed by atoms with Crippen molar-refractivity contribution in [2.75, 3.05) is 7.11 Å². The molecule has 0 aliphatic heterocycles. The molecule has 0 N–H and O–H groups in total. The highest BCUT2D eigenvalue weighted by atomic mass is 16.5. The van der Waals surface area contributed by atoms with Crippen molar-refractivity contribution in [3.05, 3.63) is 41.0 Å². The van der Waals surface area contributed by atoms with Gasteiger partial charge in [0.05, 0.1) is 7.11 Å². The highest BCUT2D eigenvalue weighted by Gasteiger charge is 2.08. The second-order valence-electron chi connectivity index (χ2n) is 4.50. The third kappa shape index (κ3) is 4.06. The highest BCUT2D eigenvalue weighted by molar-refractivity contribution is 5.97. The maximum Gasteiger partial charge on any atom is 0.348 e. The fourth-order valence-corrected chi connectivity index (χ4v) is 1.69. The lowest BCUT2D eigenvalue weighted by Gasteiger charge is -2.05. The molecular formula is C15H17NO2. The van der Waals surface area contributed by atoms with Crippen molar-refractivity contribution in [1.29, 1.82) is 5.26 Å². The molecule has 0 aliphatic rings. The highest BCUT2D eigenvalue weighted by Crippen LogP contribution is 2.13. The second-order valence-corrected chi connectivity index (χ2v) is 4.50. The first-order valence-corrected chi connectivity index (χ1v) is 5.86. The van der Waals surface area contributed by atoms with Crippen molar-refractivity contribution in [2.45, 2.75) is 20.3 Å². The number of nitriles is 1. The average molecular weight is 243 g/mol. The lowest BCUT2D eigenvalue weighted by Crippen LogP contribution is -2.02. The Morgan fingerprint density at radius 1 is 1.50 bits per heavy atom. The summed E-state index contributed by atoms with van der Waals surface area (Å²) in [6.07, 6.45) is 2.53. The SMILES string of the molecule is COC(=O)C(C#N)=Cc1cccc(CC(C)C)c1. The first-order valence-electron chi connectivity index (χ1n) is 5.86. The number of hydrogen-bond donors (Lipinski definition) is 0. The van der Waals surface area contributed by atoms with Gasteiger partial charge in [0.2, 0.25) is 0 Å². The minimum absolute atomic E-state index is 0.0131. The topological polar surface area (TPSA) is 50.1 Å². The normalized spacial score (nSPS) is 11.2. The van der Waals surface area contributed by atoms with Crippen LogP contribution in [-0.2, 0) is 16.0 Å². The van der Waals surface area contributed by atoms with Crippen LogP contribution in [0.25, 0.3) is 6.08 Å². The first kappa shape index (κ1) is 14.0. The van der Waals surface area contributed by atoms with Gasteiger partial charge in [0.15, 0.2) is 0 Å². The molecule has 0 saturated heterocycles. The predicted molar refractivity (Wildman–Crippen MR) is 70.6 cm³/mol. The Morgan fingerprint density at radius 2 is 2.22 bits per heavy atom. The molecule has 1 rings (SSSR count). The van der Waals surface area contributed by atoms with Crippen molar-refractivity contribution in [3.8, 4) is 6.07 Å². The summed E-state index contributed by atoms with van der Waals surface area (Å²) >= 11 is 0. The Kier molecular flexibility index (Phi) is 5.13. The maximum absolute atomic E-state index is 11.3. The van der Waals surface area contributed by atoms with Crippen LogP contribution in [-0.4, -0.2) is 13.1 Å². The van der Waals surface area contributed by atoms with Gasteiger partial charge >= 0.3 is 5.97 Å². The van der Waals surface area contributed by atoms with E-state index in [-0.39, 0.29) is 5.57 Å².